The van der Waals surface area contributed by atoms with E-state index in [1.54, 1.807) is 11.8 Å². The van der Waals surface area contributed by atoms with Gasteiger partial charge in [0.1, 0.15) is 17.1 Å². The predicted octanol–water partition coefficient (Wildman–Crippen LogP) is 5.97. The van der Waals surface area contributed by atoms with Gasteiger partial charge in [0, 0.05) is 15.9 Å². The van der Waals surface area contributed by atoms with Crippen LogP contribution >= 0.6 is 43.6 Å². The van der Waals surface area contributed by atoms with Crippen LogP contribution in [0.5, 0.6) is 5.75 Å². The minimum absolute atomic E-state index is 0.128. The third-order valence-electron chi connectivity index (χ3n) is 4.82. The molecule has 1 atom stereocenters. The Morgan fingerprint density at radius 2 is 1.81 bits per heavy atom. The van der Waals surface area contributed by atoms with E-state index < -0.39 is 4.75 Å². The fraction of sp³-hybridized carbons (Fsp3) is 0.381. The molecule has 0 amide bonds. The second kappa shape index (κ2) is 8.68. The average Bonchev–Trinajstić information content (AvgIpc) is 2.65. The molecule has 0 bridgehead atoms. The molecule has 0 unspecified atom stereocenters. The van der Waals surface area contributed by atoms with Crippen molar-refractivity contribution in [1.29, 1.82) is 0 Å². The fourth-order valence-corrected chi connectivity index (χ4v) is 5.87. The van der Waals surface area contributed by atoms with Crippen LogP contribution in [-0.2, 0) is 0 Å². The van der Waals surface area contributed by atoms with Crippen molar-refractivity contribution in [2.24, 2.45) is 0 Å². The Balaban J connectivity index is 2.04. The Kier molecular flexibility index (Phi) is 6.72. The summed E-state index contributed by atoms with van der Waals surface area (Å²) in [5.74, 6) is 0.770. The zero-order valence-electron chi connectivity index (χ0n) is 15.7. The van der Waals surface area contributed by atoms with E-state index >= 15 is 0 Å². The molecule has 1 aliphatic rings. The molecule has 1 aliphatic heterocycles. The molecule has 0 spiro atoms. The number of hydrogen-bond acceptors (Lipinski definition) is 4. The topological polar surface area (TPSA) is 29.5 Å². The van der Waals surface area contributed by atoms with Gasteiger partial charge in [-0.25, -0.2) is 0 Å². The smallest absolute Gasteiger partial charge is 0.187 e. The molecule has 0 N–H and O–H groups in total. The van der Waals surface area contributed by atoms with Crippen molar-refractivity contribution >= 4 is 49.4 Å². The number of benzene rings is 2. The van der Waals surface area contributed by atoms with Crippen LogP contribution in [0.2, 0.25) is 0 Å². The molecule has 27 heavy (non-hydrogen) atoms. The molecule has 0 radical (unpaired) electrons. The molecule has 144 valence electrons. The van der Waals surface area contributed by atoms with Crippen molar-refractivity contribution in [3.05, 3.63) is 56.5 Å². The number of ether oxygens (including phenoxy) is 1. The quantitative estimate of drug-likeness (QED) is 0.477. The van der Waals surface area contributed by atoms with Crippen LogP contribution in [0.4, 0.5) is 0 Å². The highest BCUT2D eigenvalue weighted by molar-refractivity contribution is 9.11. The van der Waals surface area contributed by atoms with E-state index in [0.29, 0.717) is 24.5 Å². The van der Waals surface area contributed by atoms with Crippen molar-refractivity contribution < 1.29 is 9.53 Å². The summed E-state index contributed by atoms with van der Waals surface area (Å²) in [6, 6.07) is 12.1. The zero-order valence-corrected chi connectivity index (χ0v) is 19.7. The monoisotopic (exact) mass is 511 g/mol. The molecule has 0 aromatic heterocycles. The molecule has 0 saturated carbocycles. The Morgan fingerprint density at radius 3 is 2.44 bits per heavy atom. The second-order valence-corrected chi connectivity index (χ2v) is 9.98. The Morgan fingerprint density at radius 1 is 1.15 bits per heavy atom. The second-order valence-electron chi connectivity index (χ2n) is 6.75. The van der Waals surface area contributed by atoms with Crippen LogP contribution in [0.1, 0.15) is 29.8 Å². The molecule has 2 aromatic rings. The highest BCUT2D eigenvalue weighted by Crippen LogP contribution is 2.45. The number of ketones is 1. The van der Waals surface area contributed by atoms with Gasteiger partial charge >= 0.3 is 0 Å². The molecule has 1 heterocycles. The highest BCUT2D eigenvalue weighted by Gasteiger charge is 2.46. The van der Waals surface area contributed by atoms with Gasteiger partial charge in [-0.1, -0.05) is 47.5 Å². The maximum atomic E-state index is 13.7. The largest absolute Gasteiger partial charge is 0.490 e. The number of nitrogens with zero attached hydrogens (tertiary/aromatic N) is 1. The summed E-state index contributed by atoms with van der Waals surface area (Å²) in [5, 5.41) is 0. The number of carbonyl (C=O) groups is 1. The lowest BCUT2D eigenvalue weighted by atomic mass is 9.93. The van der Waals surface area contributed by atoms with Crippen molar-refractivity contribution in [2.75, 3.05) is 26.2 Å². The third-order valence-corrected chi connectivity index (χ3v) is 7.20. The Bertz CT molecular complexity index is 837. The molecule has 0 fully saturated rings. The first-order valence-corrected chi connectivity index (χ1v) is 11.4. The minimum Gasteiger partial charge on any atom is -0.490 e. The summed E-state index contributed by atoms with van der Waals surface area (Å²) in [6.07, 6.45) is 0. The lowest BCUT2D eigenvalue weighted by Gasteiger charge is -2.39. The third kappa shape index (κ3) is 4.44. The summed E-state index contributed by atoms with van der Waals surface area (Å²) in [6.45, 7) is 9.13. The van der Waals surface area contributed by atoms with Crippen molar-refractivity contribution in [3.63, 3.8) is 0 Å². The van der Waals surface area contributed by atoms with Crippen molar-refractivity contribution in [2.45, 2.75) is 30.4 Å². The van der Waals surface area contributed by atoms with E-state index in [-0.39, 0.29) is 5.78 Å². The number of carbonyl (C=O) groups excluding carboxylic acids is 1. The van der Waals surface area contributed by atoms with Gasteiger partial charge in [0.25, 0.3) is 0 Å². The first-order valence-electron chi connectivity index (χ1n) is 9.03. The molecular formula is C21H23Br2NO2S. The maximum absolute atomic E-state index is 13.7. The summed E-state index contributed by atoms with van der Waals surface area (Å²) in [5.41, 5.74) is 1.84. The average molecular weight is 513 g/mol. The molecular weight excluding hydrogens is 490 g/mol. The number of rotatable bonds is 6. The maximum Gasteiger partial charge on any atom is 0.187 e. The SMILES string of the molecule is CCN(CC)C[C@@]1(Sc2ccc(C)cc2)COc2c(Br)cc(Br)cc2C1=O. The van der Waals surface area contributed by atoms with E-state index in [4.69, 9.17) is 4.74 Å². The van der Waals surface area contributed by atoms with Crippen LogP contribution in [0.25, 0.3) is 0 Å². The summed E-state index contributed by atoms with van der Waals surface area (Å²) < 4.78 is 7.14. The number of aryl methyl sites for hydroxylation is 1. The van der Waals surface area contributed by atoms with Gasteiger partial charge in [0.05, 0.1) is 10.0 Å². The lowest BCUT2D eigenvalue weighted by molar-refractivity contribution is 0.0824. The number of hydrogen-bond donors (Lipinski definition) is 0. The molecule has 0 aliphatic carbocycles. The summed E-state index contributed by atoms with van der Waals surface area (Å²) in [4.78, 5) is 17.1. The molecule has 3 rings (SSSR count). The Labute approximate surface area is 182 Å². The van der Waals surface area contributed by atoms with Crippen LogP contribution in [-0.4, -0.2) is 41.7 Å². The van der Waals surface area contributed by atoms with E-state index in [9.17, 15) is 4.79 Å². The van der Waals surface area contributed by atoms with E-state index in [0.717, 1.165) is 26.9 Å². The molecule has 3 nitrogen and oxygen atoms in total. The van der Waals surface area contributed by atoms with Crippen LogP contribution < -0.4 is 4.74 Å². The summed E-state index contributed by atoms with van der Waals surface area (Å²) in [7, 11) is 0. The van der Waals surface area contributed by atoms with Gasteiger partial charge in [0.2, 0.25) is 0 Å². The first kappa shape index (κ1) is 20.9. The normalized spacial score (nSPS) is 19.1. The van der Waals surface area contributed by atoms with Gasteiger partial charge < -0.3 is 9.64 Å². The standard InChI is InChI=1S/C21H23Br2NO2S/c1-4-24(5-2)12-21(27-16-8-6-14(3)7-9-16)13-26-19-17(20(21)25)10-15(22)11-18(19)23/h6-11H,4-5,12-13H2,1-3H3/t21-/m1/s1. The van der Waals surface area contributed by atoms with Crippen molar-refractivity contribution in [3.8, 4) is 5.75 Å². The molecule has 2 aromatic carbocycles. The van der Waals surface area contributed by atoms with Gasteiger partial charge in [-0.2, -0.15) is 0 Å². The highest BCUT2D eigenvalue weighted by atomic mass is 79.9. The van der Waals surface area contributed by atoms with Crippen LogP contribution in [0, 0.1) is 6.92 Å². The Hall–Kier alpha value is -0.820. The number of Topliss-reactive ketones (excluding diaryl/α,β-unsaturated/α-hetero) is 1. The minimum atomic E-state index is -0.672. The fourth-order valence-electron chi connectivity index (χ4n) is 3.24. The number of halogens is 2. The van der Waals surface area contributed by atoms with Crippen molar-refractivity contribution in [1.82, 2.24) is 4.90 Å². The first-order chi connectivity index (χ1) is 12.9. The molecule has 0 saturated heterocycles. The number of thioether (sulfide) groups is 1. The predicted molar refractivity (Wildman–Crippen MR) is 119 cm³/mol. The van der Waals surface area contributed by atoms with Gasteiger partial charge in [-0.05, 0) is 60.2 Å². The van der Waals surface area contributed by atoms with E-state index in [1.165, 1.54) is 5.56 Å². The van der Waals surface area contributed by atoms with Crippen LogP contribution in [0.15, 0.2) is 50.2 Å². The van der Waals surface area contributed by atoms with Gasteiger partial charge in [-0.3, -0.25) is 4.79 Å². The summed E-state index contributed by atoms with van der Waals surface area (Å²) >= 11 is 8.65. The zero-order chi connectivity index (χ0) is 19.6. The van der Waals surface area contributed by atoms with E-state index in [1.807, 2.05) is 12.1 Å². The van der Waals surface area contributed by atoms with Crippen LogP contribution in [0.3, 0.4) is 0 Å². The van der Waals surface area contributed by atoms with Gasteiger partial charge in [0.15, 0.2) is 5.78 Å². The van der Waals surface area contributed by atoms with Gasteiger partial charge in [-0.15, -0.1) is 11.8 Å². The van der Waals surface area contributed by atoms with E-state index in [2.05, 4.69) is 81.8 Å². The molecule has 6 heteroatoms. The number of fused-ring (bicyclic) bond motifs is 1. The lowest BCUT2D eigenvalue weighted by Crippen LogP contribution is -2.52.